The third-order valence-electron chi connectivity index (χ3n) is 3.39. The van der Waals surface area contributed by atoms with Crippen LogP contribution < -0.4 is 5.73 Å². The van der Waals surface area contributed by atoms with E-state index >= 15 is 0 Å². The maximum atomic E-state index is 6.00. The molecular weight excluding hydrogens is 162 g/mol. The Kier molecular flexibility index (Phi) is 1.10. The molecule has 1 aromatic rings. The summed E-state index contributed by atoms with van der Waals surface area (Å²) >= 11 is 0. The molecule has 0 aliphatic heterocycles. The van der Waals surface area contributed by atoms with E-state index in [9.17, 15) is 0 Å². The molecule has 0 unspecified atom stereocenters. The minimum absolute atomic E-state index is 0.166. The normalized spacial score (nSPS) is 40.8. The first-order valence-electron chi connectivity index (χ1n) is 4.71. The highest BCUT2D eigenvalue weighted by Crippen LogP contribution is 2.65. The first kappa shape index (κ1) is 7.44. The molecule has 1 heterocycles. The maximum absolute atomic E-state index is 6.00. The molecule has 13 heavy (non-hydrogen) atoms. The van der Waals surface area contributed by atoms with E-state index < -0.39 is 0 Å². The molecule has 0 aromatic carbocycles. The molecule has 0 saturated heterocycles. The summed E-state index contributed by atoms with van der Waals surface area (Å²) in [5, 5.41) is 0. The minimum atomic E-state index is 0.166. The van der Waals surface area contributed by atoms with Crippen molar-refractivity contribution in [2.45, 2.75) is 37.1 Å². The molecule has 0 spiro atoms. The molecule has 3 saturated carbocycles. The van der Waals surface area contributed by atoms with E-state index in [2.05, 4.69) is 9.97 Å². The SMILES string of the molecule is Cc1nccc(C23CC(N)(C2)C3)n1. The lowest BCUT2D eigenvalue weighted by Crippen LogP contribution is -2.74. The van der Waals surface area contributed by atoms with Crippen LogP contribution in [0.5, 0.6) is 0 Å². The monoisotopic (exact) mass is 175 g/mol. The zero-order chi connectivity index (χ0) is 9.10. The summed E-state index contributed by atoms with van der Waals surface area (Å²) in [5.41, 5.74) is 7.71. The number of hydrogen-bond donors (Lipinski definition) is 1. The van der Waals surface area contributed by atoms with Gasteiger partial charge in [0.1, 0.15) is 5.82 Å². The predicted molar refractivity (Wildman–Crippen MR) is 49.2 cm³/mol. The Morgan fingerprint density at radius 3 is 2.62 bits per heavy atom. The molecule has 3 fully saturated rings. The van der Waals surface area contributed by atoms with Gasteiger partial charge in [-0.05, 0) is 32.3 Å². The maximum Gasteiger partial charge on any atom is 0.125 e. The van der Waals surface area contributed by atoms with Crippen LogP contribution in [0.1, 0.15) is 30.8 Å². The number of nitrogens with zero attached hydrogens (tertiary/aromatic N) is 2. The van der Waals surface area contributed by atoms with E-state index in [1.54, 1.807) is 0 Å². The second-order valence-corrected chi connectivity index (χ2v) is 4.66. The standard InChI is InChI=1S/C10H13N3/c1-7-12-3-2-8(13-7)9-4-10(11,5-9)6-9/h2-3H,4-6,11H2,1H3. The molecule has 2 bridgehead atoms. The highest BCUT2D eigenvalue weighted by molar-refractivity contribution is 5.37. The van der Waals surface area contributed by atoms with Crippen LogP contribution in [0.2, 0.25) is 0 Å². The van der Waals surface area contributed by atoms with Crippen LogP contribution >= 0.6 is 0 Å². The molecular formula is C10H13N3. The van der Waals surface area contributed by atoms with Gasteiger partial charge < -0.3 is 5.73 Å². The van der Waals surface area contributed by atoms with Gasteiger partial charge in [0.15, 0.2) is 0 Å². The summed E-state index contributed by atoms with van der Waals surface area (Å²) in [6.45, 7) is 1.94. The van der Waals surface area contributed by atoms with Crippen molar-refractivity contribution in [3.63, 3.8) is 0 Å². The third-order valence-corrected chi connectivity index (χ3v) is 3.39. The quantitative estimate of drug-likeness (QED) is 0.690. The van der Waals surface area contributed by atoms with Gasteiger partial charge >= 0.3 is 0 Å². The Morgan fingerprint density at radius 2 is 2.08 bits per heavy atom. The number of aromatic nitrogens is 2. The topological polar surface area (TPSA) is 51.8 Å². The van der Waals surface area contributed by atoms with Gasteiger partial charge in [-0.15, -0.1) is 0 Å². The molecule has 3 aliphatic rings. The smallest absolute Gasteiger partial charge is 0.125 e. The predicted octanol–water partition coefficient (Wildman–Crippen LogP) is 0.918. The van der Waals surface area contributed by atoms with Crippen LogP contribution in [0.15, 0.2) is 12.3 Å². The van der Waals surface area contributed by atoms with Crippen LogP contribution in [-0.4, -0.2) is 15.5 Å². The largest absolute Gasteiger partial charge is 0.325 e. The van der Waals surface area contributed by atoms with Crippen molar-refractivity contribution in [1.82, 2.24) is 9.97 Å². The Bertz CT molecular complexity index is 352. The Labute approximate surface area is 77.4 Å². The van der Waals surface area contributed by atoms with E-state index in [4.69, 9.17) is 5.73 Å². The molecule has 1 aromatic heterocycles. The van der Waals surface area contributed by atoms with Crippen molar-refractivity contribution in [2.24, 2.45) is 5.73 Å². The summed E-state index contributed by atoms with van der Waals surface area (Å²) in [4.78, 5) is 8.57. The molecule has 0 radical (unpaired) electrons. The number of hydrogen-bond acceptors (Lipinski definition) is 3. The highest BCUT2D eigenvalue weighted by Gasteiger charge is 2.67. The van der Waals surface area contributed by atoms with Crippen LogP contribution in [0.3, 0.4) is 0 Å². The zero-order valence-corrected chi connectivity index (χ0v) is 7.75. The van der Waals surface area contributed by atoms with E-state index in [0.29, 0.717) is 5.41 Å². The number of rotatable bonds is 1. The lowest BCUT2D eigenvalue weighted by molar-refractivity contribution is -0.0622. The van der Waals surface area contributed by atoms with Crippen LogP contribution in [0.25, 0.3) is 0 Å². The van der Waals surface area contributed by atoms with Gasteiger partial charge in [0, 0.05) is 17.2 Å². The van der Waals surface area contributed by atoms with Crippen molar-refractivity contribution in [3.8, 4) is 0 Å². The summed E-state index contributed by atoms with van der Waals surface area (Å²) < 4.78 is 0. The molecule has 68 valence electrons. The lowest BCUT2D eigenvalue weighted by Gasteiger charge is -2.68. The van der Waals surface area contributed by atoms with Crippen molar-refractivity contribution >= 4 is 0 Å². The molecule has 0 amide bonds. The summed E-state index contributed by atoms with van der Waals surface area (Å²) in [7, 11) is 0. The van der Waals surface area contributed by atoms with E-state index in [-0.39, 0.29) is 5.54 Å². The lowest BCUT2D eigenvalue weighted by atomic mass is 9.39. The van der Waals surface area contributed by atoms with Gasteiger partial charge in [0.25, 0.3) is 0 Å². The van der Waals surface area contributed by atoms with Gasteiger partial charge in [-0.1, -0.05) is 0 Å². The molecule has 4 rings (SSSR count). The Morgan fingerprint density at radius 1 is 1.38 bits per heavy atom. The van der Waals surface area contributed by atoms with Gasteiger partial charge in [-0.2, -0.15) is 0 Å². The first-order valence-corrected chi connectivity index (χ1v) is 4.71. The van der Waals surface area contributed by atoms with E-state index in [1.807, 2.05) is 19.2 Å². The number of nitrogens with two attached hydrogens (primary N) is 1. The Balaban J connectivity index is 1.95. The summed E-state index contributed by atoms with van der Waals surface area (Å²) in [5.74, 6) is 0.869. The van der Waals surface area contributed by atoms with Crippen molar-refractivity contribution in [2.75, 3.05) is 0 Å². The van der Waals surface area contributed by atoms with Crippen molar-refractivity contribution < 1.29 is 0 Å². The second-order valence-electron chi connectivity index (χ2n) is 4.66. The van der Waals surface area contributed by atoms with Crippen LogP contribution in [-0.2, 0) is 5.41 Å². The van der Waals surface area contributed by atoms with Crippen molar-refractivity contribution in [3.05, 3.63) is 23.8 Å². The molecule has 3 aliphatic carbocycles. The zero-order valence-electron chi connectivity index (χ0n) is 7.75. The summed E-state index contributed by atoms with van der Waals surface area (Å²) in [6, 6.07) is 2.03. The van der Waals surface area contributed by atoms with Crippen molar-refractivity contribution in [1.29, 1.82) is 0 Å². The first-order chi connectivity index (χ1) is 6.12. The van der Waals surface area contributed by atoms with Gasteiger partial charge in [0.2, 0.25) is 0 Å². The average molecular weight is 175 g/mol. The molecule has 0 atom stereocenters. The summed E-state index contributed by atoms with van der Waals surface area (Å²) in [6.07, 6.45) is 5.21. The van der Waals surface area contributed by atoms with E-state index in [0.717, 1.165) is 25.1 Å². The number of aryl methyl sites for hydroxylation is 1. The fraction of sp³-hybridized carbons (Fsp3) is 0.600. The van der Waals surface area contributed by atoms with Crippen LogP contribution in [0.4, 0.5) is 0 Å². The molecule has 2 N–H and O–H groups in total. The van der Waals surface area contributed by atoms with E-state index in [1.165, 1.54) is 5.69 Å². The fourth-order valence-electron chi connectivity index (χ4n) is 2.89. The second kappa shape index (κ2) is 1.93. The average Bonchev–Trinajstić information content (AvgIpc) is 1.97. The molecule has 3 heteroatoms. The minimum Gasteiger partial charge on any atom is -0.325 e. The highest BCUT2D eigenvalue weighted by atomic mass is 15.0. The van der Waals surface area contributed by atoms with Gasteiger partial charge in [-0.3, -0.25) is 0 Å². The Hall–Kier alpha value is -0.960. The van der Waals surface area contributed by atoms with Gasteiger partial charge in [-0.25, -0.2) is 9.97 Å². The fourth-order valence-corrected chi connectivity index (χ4v) is 2.89. The van der Waals surface area contributed by atoms with Gasteiger partial charge in [0.05, 0.1) is 5.69 Å². The molecule has 3 nitrogen and oxygen atoms in total. The van der Waals surface area contributed by atoms with Crippen LogP contribution in [0, 0.1) is 6.92 Å². The third kappa shape index (κ3) is 0.826.